The predicted molar refractivity (Wildman–Crippen MR) is 94.2 cm³/mol. The fourth-order valence-electron chi connectivity index (χ4n) is 2.33. The molecule has 2 rings (SSSR count). The molecule has 0 saturated heterocycles. The van der Waals surface area contributed by atoms with E-state index in [4.69, 9.17) is 4.74 Å². The summed E-state index contributed by atoms with van der Waals surface area (Å²) in [5, 5.41) is 5.87. The van der Waals surface area contributed by atoms with E-state index in [0.717, 1.165) is 29.9 Å². The third-order valence-corrected chi connectivity index (χ3v) is 4.02. The molecular formula is C18H24BrNO. The number of nitrogens with one attached hydrogen (secondary N) is 1. The van der Waals surface area contributed by atoms with Crippen LogP contribution >= 0.6 is 15.9 Å². The van der Waals surface area contributed by atoms with E-state index in [0.29, 0.717) is 0 Å². The van der Waals surface area contributed by atoms with Crippen molar-refractivity contribution in [1.82, 2.24) is 5.32 Å². The molecule has 21 heavy (non-hydrogen) atoms. The normalized spacial score (nSPS) is 11.0. The minimum Gasteiger partial charge on any atom is -0.492 e. The van der Waals surface area contributed by atoms with E-state index in [1.807, 2.05) is 6.07 Å². The van der Waals surface area contributed by atoms with Gasteiger partial charge in [0, 0.05) is 11.0 Å². The Morgan fingerprint density at radius 2 is 1.76 bits per heavy atom. The van der Waals surface area contributed by atoms with Crippen LogP contribution in [0.3, 0.4) is 0 Å². The van der Waals surface area contributed by atoms with E-state index in [1.54, 1.807) is 0 Å². The van der Waals surface area contributed by atoms with Gasteiger partial charge in [0.25, 0.3) is 0 Å². The number of ether oxygens (including phenoxy) is 1. The van der Waals surface area contributed by atoms with Crippen LogP contribution < -0.4 is 10.1 Å². The highest BCUT2D eigenvalue weighted by molar-refractivity contribution is 9.10. The van der Waals surface area contributed by atoms with Gasteiger partial charge < -0.3 is 10.1 Å². The zero-order valence-electron chi connectivity index (χ0n) is 12.7. The summed E-state index contributed by atoms with van der Waals surface area (Å²) in [6.45, 7) is 4.96. The average molecular weight is 350 g/mol. The Balaban J connectivity index is 1.70. The molecule has 0 unspecified atom stereocenters. The first-order valence-corrected chi connectivity index (χ1v) is 8.62. The van der Waals surface area contributed by atoms with Crippen molar-refractivity contribution in [3.8, 4) is 5.75 Å². The molecule has 0 radical (unpaired) electrons. The Labute approximate surface area is 136 Å². The third kappa shape index (κ3) is 5.68. The molecule has 0 bridgehead atoms. The van der Waals surface area contributed by atoms with Gasteiger partial charge in [-0.15, -0.1) is 0 Å². The smallest absolute Gasteiger partial charge is 0.120 e. The standard InChI is InChI=1S/C18H24BrNO/c1-2-3-4-5-10-20-11-12-21-18-9-7-15-13-17(19)8-6-16(15)14-18/h6-9,13-14,20H,2-5,10-12H2,1H3. The van der Waals surface area contributed by atoms with Gasteiger partial charge in [-0.05, 0) is 48.0 Å². The lowest BCUT2D eigenvalue weighted by Crippen LogP contribution is -2.22. The topological polar surface area (TPSA) is 21.3 Å². The van der Waals surface area contributed by atoms with Crippen molar-refractivity contribution in [1.29, 1.82) is 0 Å². The van der Waals surface area contributed by atoms with Crippen molar-refractivity contribution < 1.29 is 4.74 Å². The van der Waals surface area contributed by atoms with Crippen molar-refractivity contribution in [2.24, 2.45) is 0 Å². The monoisotopic (exact) mass is 349 g/mol. The third-order valence-electron chi connectivity index (χ3n) is 3.53. The first-order chi connectivity index (χ1) is 10.3. The number of hydrogen-bond donors (Lipinski definition) is 1. The zero-order valence-corrected chi connectivity index (χ0v) is 14.3. The number of unbranched alkanes of at least 4 members (excludes halogenated alkanes) is 3. The quantitative estimate of drug-likeness (QED) is 0.632. The Morgan fingerprint density at radius 3 is 2.62 bits per heavy atom. The fraction of sp³-hybridized carbons (Fsp3) is 0.444. The lowest BCUT2D eigenvalue weighted by atomic mass is 10.1. The Hall–Kier alpha value is -1.06. The van der Waals surface area contributed by atoms with E-state index in [9.17, 15) is 0 Å². The Kier molecular flexibility index (Phi) is 7.04. The second kappa shape index (κ2) is 9.06. The summed E-state index contributed by atoms with van der Waals surface area (Å²) in [6, 6.07) is 12.5. The van der Waals surface area contributed by atoms with E-state index in [1.165, 1.54) is 36.5 Å². The lowest BCUT2D eigenvalue weighted by Gasteiger charge is -2.08. The molecule has 114 valence electrons. The minimum atomic E-state index is 0.718. The highest BCUT2D eigenvalue weighted by Crippen LogP contribution is 2.23. The molecule has 0 aliphatic heterocycles. The van der Waals surface area contributed by atoms with Gasteiger partial charge in [-0.1, -0.05) is 54.2 Å². The number of fused-ring (bicyclic) bond motifs is 1. The maximum Gasteiger partial charge on any atom is 0.120 e. The predicted octanol–water partition coefficient (Wildman–Crippen LogP) is 5.15. The largest absolute Gasteiger partial charge is 0.492 e. The Bertz CT molecular complexity index is 556. The molecule has 0 fully saturated rings. The molecule has 2 aromatic carbocycles. The molecule has 0 heterocycles. The molecule has 0 amide bonds. The van der Waals surface area contributed by atoms with Crippen LogP contribution in [0, 0.1) is 0 Å². The van der Waals surface area contributed by atoms with Crippen molar-refractivity contribution >= 4 is 26.7 Å². The van der Waals surface area contributed by atoms with Crippen LogP contribution in [0.1, 0.15) is 32.6 Å². The van der Waals surface area contributed by atoms with Gasteiger partial charge in [0.05, 0.1) is 0 Å². The lowest BCUT2D eigenvalue weighted by molar-refractivity contribution is 0.314. The van der Waals surface area contributed by atoms with Gasteiger partial charge in [-0.25, -0.2) is 0 Å². The molecule has 0 aliphatic rings. The van der Waals surface area contributed by atoms with Crippen LogP contribution in [-0.2, 0) is 0 Å². The maximum absolute atomic E-state index is 5.80. The molecule has 1 N–H and O–H groups in total. The van der Waals surface area contributed by atoms with Crippen molar-refractivity contribution in [3.63, 3.8) is 0 Å². The molecule has 0 saturated carbocycles. The summed E-state index contributed by atoms with van der Waals surface area (Å²) < 4.78 is 6.91. The molecule has 0 spiro atoms. The van der Waals surface area contributed by atoms with E-state index in [-0.39, 0.29) is 0 Å². The van der Waals surface area contributed by atoms with E-state index >= 15 is 0 Å². The van der Waals surface area contributed by atoms with Crippen LogP contribution in [0.4, 0.5) is 0 Å². The molecule has 0 aliphatic carbocycles. The van der Waals surface area contributed by atoms with Gasteiger partial charge in [-0.2, -0.15) is 0 Å². The second-order valence-corrected chi connectivity index (χ2v) is 6.23. The maximum atomic E-state index is 5.80. The summed E-state index contributed by atoms with van der Waals surface area (Å²) in [4.78, 5) is 0. The highest BCUT2D eigenvalue weighted by Gasteiger charge is 1.98. The van der Waals surface area contributed by atoms with Gasteiger partial charge in [0.15, 0.2) is 0 Å². The van der Waals surface area contributed by atoms with Gasteiger partial charge >= 0.3 is 0 Å². The molecule has 3 heteroatoms. The molecule has 2 nitrogen and oxygen atoms in total. The van der Waals surface area contributed by atoms with Crippen LogP contribution in [0.5, 0.6) is 5.75 Å². The number of rotatable bonds is 9. The first kappa shape index (κ1) is 16.3. The van der Waals surface area contributed by atoms with Crippen molar-refractivity contribution in [2.75, 3.05) is 19.7 Å². The summed E-state index contributed by atoms with van der Waals surface area (Å²) in [5.41, 5.74) is 0. The number of hydrogen-bond acceptors (Lipinski definition) is 2. The van der Waals surface area contributed by atoms with Crippen LogP contribution in [0.25, 0.3) is 10.8 Å². The van der Waals surface area contributed by atoms with Crippen molar-refractivity contribution in [3.05, 3.63) is 40.9 Å². The highest BCUT2D eigenvalue weighted by atomic mass is 79.9. The van der Waals surface area contributed by atoms with Crippen molar-refractivity contribution in [2.45, 2.75) is 32.6 Å². The van der Waals surface area contributed by atoms with Gasteiger partial charge in [0.2, 0.25) is 0 Å². The van der Waals surface area contributed by atoms with Crippen LogP contribution in [0.15, 0.2) is 40.9 Å². The second-order valence-electron chi connectivity index (χ2n) is 5.31. The van der Waals surface area contributed by atoms with E-state index in [2.05, 4.69) is 58.5 Å². The van der Waals surface area contributed by atoms with E-state index < -0.39 is 0 Å². The summed E-state index contributed by atoms with van der Waals surface area (Å²) in [6.07, 6.45) is 5.22. The van der Waals surface area contributed by atoms with Crippen LogP contribution in [0.2, 0.25) is 0 Å². The fourth-order valence-corrected chi connectivity index (χ4v) is 2.71. The number of benzene rings is 2. The first-order valence-electron chi connectivity index (χ1n) is 7.82. The number of halogens is 1. The molecular weight excluding hydrogens is 326 g/mol. The molecule has 2 aromatic rings. The summed E-state index contributed by atoms with van der Waals surface area (Å²) in [5.74, 6) is 0.942. The summed E-state index contributed by atoms with van der Waals surface area (Å²) >= 11 is 3.49. The van der Waals surface area contributed by atoms with Gasteiger partial charge in [-0.3, -0.25) is 0 Å². The SMILES string of the molecule is CCCCCCNCCOc1ccc2cc(Br)ccc2c1. The molecule has 0 aromatic heterocycles. The zero-order chi connectivity index (χ0) is 14.9. The molecule has 0 atom stereocenters. The van der Waals surface area contributed by atoms with Gasteiger partial charge in [0.1, 0.15) is 12.4 Å². The Morgan fingerprint density at radius 1 is 0.952 bits per heavy atom. The minimum absolute atomic E-state index is 0.718. The average Bonchev–Trinajstić information content (AvgIpc) is 2.50. The summed E-state index contributed by atoms with van der Waals surface area (Å²) in [7, 11) is 0. The van der Waals surface area contributed by atoms with Crippen LogP contribution in [-0.4, -0.2) is 19.7 Å².